The summed E-state index contributed by atoms with van der Waals surface area (Å²) in [5.74, 6) is 0. The van der Waals surface area contributed by atoms with Gasteiger partial charge in [0.1, 0.15) is 0 Å². The van der Waals surface area contributed by atoms with Crippen LogP contribution in [-0.4, -0.2) is 11.2 Å². The summed E-state index contributed by atoms with van der Waals surface area (Å²) in [6.45, 7) is 0. The minimum atomic E-state index is 0.250. The van der Waals surface area contributed by atoms with Crippen molar-refractivity contribution in [3.63, 3.8) is 0 Å². The Morgan fingerprint density at radius 2 is 2.00 bits per heavy atom. The fraction of sp³-hybridized carbons (Fsp3) is 0.400. The summed E-state index contributed by atoms with van der Waals surface area (Å²) in [6, 6.07) is 8.69. The van der Waals surface area contributed by atoms with E-state index in [1.54, 1.807) is 0 Å². The maximum atomic E-state index is 8.77. The van der Waals surface area contributed by atoms with Crippen molar-refractivity contribution < 1.29 is 5.21 Å². The number of hydrogen-bond acceptors (Lipinski definition) is 2. The average Bonchev–Trinajstić information content (AvgIpc) is 2.17. The van der Waals surface area contributed by atoms with E-state index >= 15 is 0 Å². The number of hydroxylamine groups is 1. The topological polar surface area (TPSA) is 32.3 Å². The molecule has 2 nitrogen and oxygen atoms in total. The molecular weight excluding hydrogens is 150 g/mol. The molecule has 0 bridgehead atoms. The van der Waals surface area contributed by atoms with Crippen molar-refractivity contribution in [3.8, 4) is 0 Å². The molecule has 0 heterocycles. The minimum absolute atomic E-state index is 0.250. The number of aryl methyl sites for hydroxylation is 1. The zero-order chi connectivity index (χ0) is 8.39. The Morgan fingerprint density at radius 3 is 2.75 bits per heavy atom. The molecule has 1 aromatic rings. The minimum Gasteiger partial charge on any atom is -0.317 e. The van der Waals surface area contributed by atoms with Gasteiger partial charge in [-0.25, -0.2) is 5.48 Å². The zero-order valence-corrected chi connectivity index (χ0v) is 6.96. The van der Waals surface area contributed by atoms with Gasteiger partial charge < -0.3 is 5.21 Å². The standard InChI is InChI=1S/C10H13NO/c12-11-10-6-5-8-3-1-2-4-9(8)7-10/h1-4,10-12H,5-7H2/t10-/m0/s1. The second-order valence-corrected chi connectivity index (χ2v) is 3.34. The van der Waals surface area contributed by atoms with Crippen LogP contribution < -0.4 is 5.48 Å². The molecule has 12 heavy (non-hydrogen) atoms. The van der Waals surface area contributed by atoms with E-state index in [9.17, 15) is 0 Å². The van der Waals surface area contributed by atoms with E-state index in [1.807, 2.05) is 0 Å². The summed E-state index contributed by atoms with van der Waals surface area (Å²) in [5, 5.41) is 8.77. The fourth-order valence-corrected chi connectivity index (χ4v) is 1.81. The van der Waals surface area contributed by atoms with E-state index in [0.29, 0.717) is 0 Å². The van der Waals surface area contributed by atoms with Crippen LogP contribution in [0.15, 0.2) is 24.3 Å². The van der Waals surface area contributed by atoms with Crippen molar-refractivity contribution in [3.05, 3.63) is 35.4 Å². The second kappa shape index (κ2) is 3.25. The number of fused-ring (bicyclic) bond motifs is 1. The first-order valence-electron chi connectivity index (χ1n) is 4.36. The van der Waals surface area contributed by atoms with Gasteiger partial charge in [-0.15, -0.1) is 0 Å². The summed E-state index contributed by atoms with van der Waals surface area (Å²) >= 11 is 0. The molecule has 1 aliphatic rings. The average molecular weight is 163 g/mol. The van der Waals surface area contributed by atoms with Gasteiger partial charge >= 0.3 is 0 Å². The number of rotatable bonds is 1. The molecule has 2 N–H and O–H groups in total. The molecule has 0 radical (unpaired) electrons. The highest BCUT2D eigenvalue weighted by atomic mass is 16.5. The first-order chi connectivity index (χ1) is 5.90. The molecule has 0 saturated carbocycles. The predicted octanol–water partition coefficient (Wildman–Crippen LogP) is 1.52. The van der Waals surface area contributed by atoms with Crippen LogP contribution >= 0.6 is 0 Å². The number of benzene rings is 1. The molecule has 0 aliphatic heterocycles. The van der Waals surface area contributed by atoms with Crippen molar-refractivity contribution in [2.45, 2.75) is 25.3 Å². The van der Waals surface area contributed by atoms with Crippen LogP contribution in [0.5, 0.6) is 0 Å². The summed E-state index contributed by atoms with van der Waals surface area (Å²) in [7, 11) is 0. The van der Waals surface area contributed by atoms with Gasteiger partial charge in [-0.05, 0) is 30.4 Å². The third-order valence-corrected chi connectivity index (χ3v) is 2.53. The van der Waals surface area contributed by atoms with Gasteiger partial charge in [0, 0.05) is 6.04 Å². The van der Waals surface area contributed by atoms with Crippen molar-refractivity contribution in [1.82, 2.24) is 5.48 Å². The van der Waals surface area contributed by atoms with Gasteiger partial charge in [0.05, 0.1) is 0 Å². The normalized spacial score (nSPS) is 21.9. The predicted molar refractivity (Wildman–Crippen MR) is 47.2 cm³/mol. The summed E-state index contributed by atoms with van der Waals surface area (Å²) in [4.78, 5) is 0. The molecule has 1 aliphatic carbocycles. The van der Waals surface area contributed by atoms with Crippen LogP contribution in [0, 0.1) is 0 Å². The second-order valence-electron chi connectivity index (χ2n) is 3.34. The number of hydrogen-bond donors (Lipinski definition) is 2. The molecule has 0 fully saturated rings. The first-order valence-corrected chi connectivity index (χ1v) is 4.36. The van der Waals surface area contributed by atoms with Gasteiger partial charge in [-0.3, -0.25) is 0 Å². The molecule has 2 heteroatoms. The lowest BCUT2D eigenvalue weighted by Crippen LogP contribution is -2.31. The Balaban J connectivity index is 2.23. The largest absolute Gasteiger partial charge is 0.317 e. The van der Waals surface area contributed by atoms with E-state index in [-0.39, 0.29) is 6.04 Å². The van der Waals surface area contributed by atoms with Crippen molar-refractivity contribution >= 4 is 0 Å². The van der Waals surface area contributed by atoms with Gasteiger partial charge in [-0.2, -0.15) is 0 Å². The quantitative estimate of drug-likeness (QED) is 0.615. The van der Waals surface area contributed by atoms with Crippen molar-refractivity contribution in [2.24, 2.45) is 0 Å². The van der Waals surface area contributed by atoms with Crippen LogP contribution in [0.4, 0.5) is 0 Å². The Labute approximate surface area is 72.2 Å². The maximum Gasteiger partial charge on any atom is 0.0363 e. The highest BCUT2D eigenvalue weighted by Crippen LogP contribution is 2.20. The lowest BCUT2D eigenvalue weighted by molar-refractivity contribution is 0.119. The van der Waals surface area contributed by atoms with E-state index in [1.165, 1.54) is 11.1 Å². The molecule has 0 spiro atoms. The van der Waals surface area contributed by atoms with E-state index in [0.717, 1.165) is 19.3 Å². The van der Waals surface area contributed by atoms with Gasteiger partial charge in [-0.1, -0.05) is 24.3 Å². The highest BCUT2D eigenvalue weighted by Gasteiger charge is 2.16. The fourth-order valence-electron chi connectivity index (χ4n) is 1.81. The van der Waals surface area contributed by atoms with E-state index in [4.69, 9.17) is 5.21 Å². The zero-order valence-electron chi connectivity index (χ0n) is 6.96. The first kappa shape index (κ1) is 7.77. The molecular formula is C10H13NO. The van der Waals surface area contributed by atoms with Crippen LogP contribution in [-0.2, 0) is 12.8 Å². The Hall–Kier alpha value is -0.860. The Morgan fingerprint density at radius 1 is 1.25 bits per heavy atom. The lowest BCUT2D eigenvalue weighted by Gasteiger charge is -2.22. The Bertz CT molecular complexity index is 272. The molecule has 1 aromatic carbocycles. The van der Waals surface area contributed by atoms with Crippen LogP contribution in [0.1, 0.15) is 17.5 Å². The number of nitrogens with one attached hydrogen (secondary N) is 1. The molecule has 0 amide bonds. The molecule has 64 valence electrons. The molecule has 2 rings (SSSR count). The van der Waals surface area contributed by atoms with E-state index in [2.05, 4.69) is 29.7 Å². The highest BCUT2D eigenvalue weighted by molar-refractivity contribution is 5.30. The summed E-state index contributed by atoms with van der Waals surface area (Å²) in [5.41, 5.74) is 5.15. The smallest absolute Gasteiger partial charge is 0.0363 e. The van der Waals surface area contributed by atoms with Crippen LogP contribution in [0.25, 0.3) is 0 Å². The third-order valence-electron chi connectivity index (χ3n) is 2.53. The molecule has 0 saturated heterocycles. The third kappa shape index (κ3) is 1.36. The molecule has 0 unspecified atom stereocenters. The Kier molecular flexibility index (Phi) is 2.11. The summed E-state index contributed by atoms with van der Waals surface area (Å²) < 4.78 is 0. The van der Waals surface area contributed by atoms with Gasteiger partial charge in [0.2, 0.25) is 0 Å². The van der Waals surface area contributed by atoms with Gasteiger partial charge in [0.25, 0.3) is 0 Å². The van der Waals surface area contributed by atoms with Crippen LogP contribution in [0.3, 0.4) is 0 Å². The van der Waals surface area contributed by atoms with Crippen LogP contribution in [0.2, 0.25) is 0 Å². The van der Waals surface area contributed by atoms with E-state index < -0.39 is 0 Å². The lowest BCUT2D eigenvalue weighted by atomic mass is 9.89. The van der Waals surface area contributed by atoms with Crippen molar-refractivity contribution in [2.75, 3.05) is 0 Å². The SMILES string of the molecule is ON[C@H]1CCc2ccccc2C1. The summed E-state index contributed by atoms with van der Waals surface area (Å²) in [6.07, 6.45) is 3.06. The van der Waals surface area contributed by atoms with Gasteiger partial charge in [0.15, 0.2) is 0 Å². The molecule has 0 aromatic heterocycles. The monoisotopic (exact) mass is 163 g/mol. The molecule has 1 atom stereocenters. The maximum absolute atomic E-state index is 8.77. The van der Waals surface area contributed by atoms with Crippen molar-refractivity contribution in [1.29, 1.82) is 0 Å².